The molecule has 0 spiro atoms. The molecule has 3 heterocycles. The zero-order chi connectivity index (χ0) is 21.4. The summed E-state index contributed by atoms with van der Waals surface area (Å²) in [6.45, 7) is 0.834. The summed E-state index contributed by atoms with van der Waals surface area (Å²) >= 11 is 1.73. The molecule has 0 bridgehead atoms. The SMILES string of the molecule is O=C(NC1CCS(=O)(=O)C1)[C@@H]1C[C@@H](Sc2ccccn2)CN1C1Cc2ccccc2C1. The fourth-order valence-electron chi connectivity index (χ4n) is 5.13. The number of fused-ring (bicyclic) bond motifs is 1. The zero-order valence-corrected chi connectivity index (χ0v) is 18.9. The molecule has 2 aromatic rings. The van der Waals surface area contributed by atoms with E-state index in [4.69, 9.17) is 0 Å². The second-order valence-electron chi connectivity index (χ2n) is 8.80. The van der Waals surface area contributed by atoms with Crippen molar-refractivity contribution in [2.75, 3.05) is 18.1 Å². The van der Waals surface area contributed by atoms with E-state index in [-0.39, 0.29) is 34.7 Å². The number of rotatable bonds is 5. The summed E-state index contributed by atoms with van der Waals surface area (Å²) in [5.74, 6) is 0.205. The summed E-state index contributed by atoms with van der Waals surface area (Å²) in [5.41, 5.74) is 2.74. The number of likely N-dealkylation sites (tertiary alicyclic amines) is 1. The summed E-state index contributed by atoms with van der Waals surface area (Å²) < 4.78 is 23.7. The minimum absolute atomic E-state index is 0.0258. The topological polar surface area (TPSA) is 79.4 Å². The van der Waals surface area contributed by atoms with E-state index in [9.17, 15) is 13.2 Å². The molecule has 8 heteroatoms. The average molecular weight is 458 g/mol. The second-order valence-corrected chi connectivity index (χ2v) is 12.3. The Hall–Kier alpha value is -1.90. The predicted octanol–water partition coefficient (Wildman–Crippen LogP) is 2.09. The standard InChI is InChI=1S/C23H27N3O3S2/c27-23(25-18-8-10-31(28,29)15-18)21-13-20(30-22-7-3-4-9-24-22)14-26(21)19-11-16-5-1-2-6-17(16)12-19/h1-7,9,18-21H,8,10-15H2,(H,25,27)/t18?,20-,21+/m1/s1. The van der Waals surface area contributed by atoms with E-state index in [0.29, 0.717) is 12.5 Å². The third-order valence-corrected chi connectivity index (χ3v) is 9.53. The van der Waals surface area contributed by atoms with Crippen molar-refractivity contribution in [2.45, 2.75) is 54.1 Å². The Morgan fingerprint density at radius 1 is 1.10 bits per heavy atom. The Labute approximate surface area is 187 Å². The van der Waals surface area contributed by atoms with E-state index in [1.54, 1.807) is 18.0 Å². The molecule has 0 radical (unpaired) electrons. The smallest absolute Gasteiger partial charge is 0.237 e. The lowest BCUT2D eigenvalue weighted by Crippen LogP contribution is -2.50. The number of thioether (sulfide) groups is 1. The van der Waals surface area contributed by atoms with E-state index in [1.807, 2.05) is 18.2 Å². The maximum Gasteiger partial charge on any atom is 0.237 e. The lowest BCUT2D eigenvalue weighted by Gasteiger charge is -2.30. The largest absolute Gasteiger partial charge is 0.351 e. The molecule has 5 rings (SSSR count). The molecule has 1 unspecified atom stereocenters. The highest BCUT2D eigenvalue weighted by molar-refractivity contribution is 7.99. The van der Waals surface area contributed by atoms with Crippen molar-refractivity contribution >= 4 is 27.5 Å². The molecular formula is C23H27N3O3S2. The van der Waals surface area contributed by atoms with Crippen molar-refractivity contribution in [1.29, 1.82) is 0 Å². The van der Waals surface area contributed by atoms with Gasteiger partial charge >= 0.3 is 0 Å². The van der Waals surface area contributed by atoms with Crippen LogP contribution in [0.15, 0.2) is 53.7 Å². The molecule has 1 aliphatic carbocycles. The van der Waals surface area contributed by atoms with Crippen LogP contribution >= 0.6 is 11.8 Å². The first-order valence-electron chi connectivity index (χ1n) is 10.9. The highest BCUT2D eigenvalue weighted by Crippen LogP contribution is 2.36. The first-order chi connectivity index (χ1) is 15.0. The van der Waals surface area contributed by atoms with Gasteiger partial charge in [-0.3, -0.25) is 9.69 Å². The van der Waals surface area contributed by atoms with Crippen LogP contribution in [0.2, 0.25) is 0 Å². The maximum absolute atomic E-state index is 13.3. The molecule has 1 aromatic heterocycles. The number of sulfone groups is 1. The molecule has 2 saturated heterocycles. The Balaban J connectivity index is 1.32. The van der Waals surface area contributed by atoms with Gasteiger partial charge in [0.15, 0.2) is 9.84 Å². The summed E-state index contributed by atoms with van der Waals surface area (Å²) in [5, 5.41) is 4.31. The van der Waals surface area contributed by atoms with Crippen LogP contribution in [0.5, 0.6) is 0 Å². The van der Waals surface area contributed by atoms with Gasteiger partial charge < -0.3 is 5.32 Å². The van der Waals surface area contributed by atoms with Gasteiger partial charge in [0.05, 0.1) is 22.6 Å². The van der Waals surface area contributed by atoms with Crippen LogP contribution in [-0.4, -0.2) is 65.6 Å². The van der Waals surface area contributed by atoms with Gasteiger partial charge in [-0.05, 0) is 48.9 Å². The number of nitrogens with one attached hydrogen (secondary N) is 1. The Bertz CT molecular complexity index is 1040. The number of benzene rings is 1. The lowest BCUT2D eigenvalue weighted by molar-refractivity contribution is -0.126. The van der Waals surface area contributed by atoms with Crippen LogP contribution in [0.3, 0.4) is 0 Å². The van der Waals surface area contributed by atoms with Crippen LogP contribution in [0.1, 0.15) is 24.0 Å². The summed E-state index contributed by atoms with van der Waals surface area (Å²) in [4.78, 5) is 20.1. The van der Waals surface area contributed by atoms with Gasteiger partial charge in [-0.15, -0.1) is 11.8 Å². The van der Waals surface area contributed by atoms with E-state index >= 15 is 0 Å². The fraction of sp³-hybridized carbons (Fsp3) is 0.478. The summed E-state index contributed by atoms with van der Waals surface area (Å²) in [6, 6.07) is 14.2. The average Bonchev–Trinajstić information content (AvgIpc) is 3.45. The van der Waals surface area contributed by atoms with E-state index in [0.717, 1.165) is 30.8 Å². The van der Waals surface area contributed by atoms with Crippen molar-refractivity contribution in [1.82, 2.24) is 15.2 Å². The predicted molar refractivity (Wildman–Crippen MR) is 122 cm³/mol. The van der Waals surface area contributed by atoms with E-state index in [2.05, 4.69) is 39.5 Å². The van der Waals surface area contributed by atoms with Crippen LogP contribution < -0.4 is 5.32 Å². The van der Waals surface area contributed by atoms with Crippen molar-refractivity contribution in [3.8, 4) is 0 Å². The van der Waals surface area contributed by atoms with Gasteiger partial charge in [0.2, 0.25) is 5.91 Å². The monoisotopic (exact) mass is 457 g/mol. The maximum atomic E-state index is 13.3. The first-order valence-corrected chi connectivity index (χ1v) is 13.6. The molecule has 0 saturated carbocycles. The second kappa shape index (κ2) is 8.56. The summed E-state index contributed by atoms with van der Waals surface area (Å²) in [6.07, 6.45) is 4.98. The third-order valence-electron chi connectivity index (χ3n) is 6.61. The number of hydrogen-bond donors (Lipinski definition) is 1. The van der Waals surface area contributed by atoms with Crippen molar-refractivity contribution in [3.05, 3.63) is 59.8 Å². The lowest BCUT2D eigenvalue weighted by atomic mass is 10.1. The minimum Gasteiger partial charge on any atom is -0.351 e. The number of aromatic nitrogens is 1. The van der Waals surface area contributed by atoms with Gasteiger partial charge in [-0.25, -0.2) is 13.4 Å². The van der Waals surface area contributed by atoms with Crippen LogP contribution in [0, 0.1) is 0 Å². The molecule has 31 heavy (non-hydrogen) atoms. The zero-order valence-electron chi connectivity index (χ0n) is 17.3. The Morgan fingerprint density at radius 3 is 2.48 bits per heavy atom. The number of pyridine rings is 1. The van der Waals surface area contributed by atoms with Crippen molar-refractivity contribution < 1.29 is 13.2 Å². The fourth-order valence-corrected chi connectivity index (χ4v) is 7.95. The quantitative estimate of drug-likeness (QED) is 0.741. The molecule has 1 amide bonds. The number of carbonyl (C=O) groups excluding carboxylic acids is 1. The number of hydrogen-bond acceptors (Lipinski definition) is 6. The summed E-state index contributed by atoms with van der Waals surface area (Å²) in [7, 11) is -3.02. The molecule has 3 aliphatic rings. The number of nitrogens with zero attached hydrogens (tertiary/aromatic N) is 2. The number of carbonyl (C=O) groups is 1. The van der Waals surface area contributed by atoms with E-state index in [1.165, 1.54) is 11.1 Å². The molecular weight excluding hydrogens is 430 g/mol. The van der Waals surface area contributed by atoms with Crippen LogP contribution in [-0.2, 0) is 27.5 Å². The first kappa shape index (κ1) is 21.0. The van der Waals surface area contributed by atoms with Gasteiger partial charge in [0.1, 0.15) is 0 Å². The minimum atomic E-state index is -3.02. The van der Waals surface area contributed by atoms with Crippen LogP contribution in [0.4, 0.5) is 0 Å². The van der Waals surface area contributed by atoms with Crippen molar-refractivity contribution in [3.63, 3.8) is 0 Å². The van der Waals surface area contributed by atoms with Gasteiger partial charge in [-0.1, -0.05) is 30.3 Å². The highest BCUT2D eigenvalue weighted by Gasteiger charge is 2.43. The third kappa shape index (κ3) is 4.66. The van der Waals surface area contributed by atoms with Gasteiger partial charge in [0.25, 0.3) is 0 Å². The Morgan fingerprint density at radius 2 is 1.84 bits per heavy atom. The molecule has 1 aromatic carbocycles. The van der Waals surface area contributed by atoms with Crippen LogP contribution in [0.25, 0.3) is 0 Å². The molecule has 3 atom stereocenters. The van der Waals surface area contributed by atoms with Crippen molar-refractivity contribution in [2.24, 2.45) is 0 Å². The molecule has 1 N–H and O–H groups in total. The van der Waals surface area contributed by atoms with Gasteiger partial charge in [0, 0.05) is 30.1 Å². The molecule has 2 fully saturated rings. The molecule has 6 nitrogen and oxygen atoms in total. The normalized spacial score (nSPS) is 27.9. The van der Waals surface area contributed by atoms with E-state index < -0.39 is 9.84 Å². The molecule has 2 aliphatic heterocycles. The Kier molecular flexibility index (Phi) is 5.79. The number of amides is 1. The molecule has 164 valence electrons. The van der Waals surface area contributed by atoms with Gasteiger partial charge in [-0.2, -0.15) is 0 Å². The highest BCUT2D eigenvalue weighted by atomic mass is 32.2.